The third-order valence-electron chi connectivity index (χ3n) is 5.83. The number of carbonyl (C=O) groups is 2. The number of hydrogen-bond acceptors (Lipinski definition) is 6. The largest absolute Gasteiger partial charge is 0.493 e. The van der Waals surface area contributed by atoms with E-state index < -0.39 is 0 Å². The van der Waals surface area contributed by atoms with Gasteiger partial charge in [-0.15, -0.1) is 11.3 Å². The van der Waals surface area contributed by atoms with Crippen molar-refractivity contribution in [2.24, 2.45) is 11.0 Å². The van der Waals surface area contributed by atoms with Gasteiger partial charge in [0.15, 0.2) is 11.5 Å². The van der Waals surface area contributed by atoms with E-state index in [4.69, 9.17) is 14.6 Å². The van der Waals surface area contributed by atoms with Crippen molar-refractivity contribution in [3.05, 3.63) is 76.0 Å². The highest BCUT2D eigenvalue weighted by molar-refractivity contribution is 7.12. The van der Waals surface area contributed by atoms with Crippen LogP contribution < -0.4 is 14.8 Å². The van der Waals surface area contributed by atoms with E-state index in [1.54, 1.807) is 20.3 Å². The van der Waals surface area contributed by atoms with Crippen molar-refractivity contribution in [3.8, 4) is 11.5 Å². The number of benzene rings is 2. The van der Waals surface area contributed by atoms with Gasteiger partial charge in [0, 0.05) is 23.6 Å². The molecule has 1 aliphatic rings. The molecule has 8 heteroatoms. The molecule has 0 fully saturated rings. The number of methoxy groups -OCH3 is 2. The first-order valence-electron chi connectivity index (χ1n) is 11.1. The predicted octanol–water partition coefficient (Wildman–Crippen LogP) is 5.18. The fourth-order valence-corrected chi connectivity index (χ4v) is 4.58. The lowest BCUT2D eigenvalue weighted by Gasteiger charge is -2.30. The van der Waals surface area contributed by atoms with Crippen LogP contribution >= 0.6 is 11.3 Å². The number of nitrogens with zero attached hydrogens (tertiary/aromatic N) is 2. The zero-order valence-corrected chi connectivity index (χ0v) is 20.2. The molecule has 4 rings (SSSR count). The number of rotatable bonds is 8. The molecule has 3 aromatic rings. The molecule has 0 radical (unpaired) electrons. The van der Waals surface area contributed by atoms with Gasteiger partial charge in [0.05, 0.1) is 31.4 Å². The van der Waals surface area contributed by atoms with Crippen molar-refractivity contribution in [1.29, 1.82) is 0 Å². The fourth-order valence-electron chi connectivity index (χ4n) is 3.96. The summed E-state index contributed by atoms with van der Waals surface area (Å²) >= 11 is 1.38. The third kappa shape index (κ3) is 4.97. The lowest BCUT2D eigenvalue weighted by molar-refractivity contribution is -0.133. The maximum absolute atomic E-state index is 13.0. The standard InChI is InChI=1S/C26H27N3O4S/c1-4-17-15-24(30)29(28-25(17)18-11-12-21(32-2)22(14-18)33-3)16-19-8-5-6-9-20(19)27-26(31)23-10-7-13-34-23/h5-14,17H,4,15-16H2,1-3H3,(H,27,31). The number of para-hydroxylation sites is 1. The van der Waals surface area contributed by atoms with E-state index in [9.17, 15) is 9.59 Å². The molecule has 0 spiro atoms. The lowest BCUT2D eigenvalue weighted by Crippen LogP contribution is -2.37. The highest BCUT2D eigenvalue weighted by atomic mass is 32.1. The molecule has 0 bridgehead atoms. The molecule has 2 amide bonds. The summed E-state index contributed by atoms with van der Waals surface area (Å²) < 4.78 is 10.8. The molecule has 2 aromatic carbocycles. The molecule has 1 N–H and O–H groups in total. The summed E-state index contributed by atoms with van der Waals surface area (Å²) in [6, 6.07) is 16.8. The van der Waals surface area contributed by atoms with Gasteiger partial charge in [-0.1, -0.05) is 31.2 Å². The number of hydrogen-bond donors (Lipinski definition) is 1. The van der Waals surface area contributed by atoms with Gasteiger partial charge >= 0.3 is 0 Å². The van der Waals surface area contributed by atoms with Crippen LogP contribution in [0.5, 0.6) is 11.5 Å². The molecule has 0 saturated heterocycles. The molecule has 7 nitrogen and oxygen atoms in total. The van der Waals surface area contributed by atoms with Crippen molar-refractivity contribution in [1.82, 2.24) is 5.01 Å². The minimum Gasteiger partial charge on any atom is -0.493 e. The molecule has 34 heavy (non-hydrogen) atoms. The summed E-state index contributed by atoms with van der Waals surface area (Å²) in [7, 11) is 3.19. The first-order chi connectivity index (χ1) is 16.5. The molecule has 0 saturated carbocycles. The van der Waals surface area contributed by atoms with Gasteiger partial charge in [-0.25, -0.2) is 5.01 Å². The Bertz CT molecular complexity index is 1210. The van der Waals surface area contributed by atoms with Gasteiger partial charge in [0.25, 0.3) is 5.91 Å². The van der Waals surface area contributed by atoms with Gasteiger partial charge in [-0.3, -0.25) is 9.59 Å². The Morgan fingerprint density at radius 3 is 2.62 bits per heavy atom. The van der Waals surface area contributed by atoms with Crippen molar-refractivity contribution >= 4 is 34.6 Å². The van der Waals surface area contributed by atoms with Crippen LogP contribution in [0.4, 0.5) is 5.69 Å². The second-order valence-electron chi connectivity index (χ2n) is 7.90. The van der Waals surface area contributed by atoms with E-state index in [-0.39, 0.29) is 24.3 Å². The highest BCUT2D eigenvalue weighted by Crippen LogP contribution is 2.32. The van der Waals surface area contributed by atoms with Crippen LogP contribution in [0.3, 0.4) is 0 Å². The minimum atomic E-state index is -0.173. The van der Waals surface area contributed by atoms with Gasteiger partial charge in [-0.05, 0) is 47.7 Å². The van der Waals surface area contributed by atoms with Gasteiger partial charge in [0.2, 0.25) is 5.91 Å². The number of thiophene rings is 1. The van der Waals surface area contributed by atoms with E-state index in [2.05, 4.69) is 12.2 Å². The molecule has 1 unspecified atom stereocenters. The van der Waals surface area contributed by atoms with E-state index in [1.807, 2.05) is 53.9 Å². The summed E-state index contributed by atoms with van der Waals surface area (Å²) in [5, 5.41) is 11.1. The Morgan fingerprint density at radius 2 is 1.91 bits per heavy atom. The van der Waals surface area contributed by atoms with Crippen LogP contribution in [-0.2, 0) is 11.3 Å². The number of hydrazone groups is 1. The second kappa shape index (κ2) is 10.5. The Morgan fingerprint density at radius 1 is 1.12 bits per heavy atom. The molecular formula is C26H27N3O4S. The van der Waals surface area contributed by atoms with Crippen LogP contribution in [0.25, 0.3) is 0 Å². The number of anilines is 1. The average molecular weight is 478 g/mol. The zero-order chi connectivity index (χ0) is 24.1. The van der Waals surface area contributed by atoms with Crippen LogP contribution in [0.2, 0.25) is 0 Å². The SMILES string of the molecule is CCC1CC(=O)N(Cc2ccccc2NC(=O)c2cccs2)N=C1c1ccc(OC)c(OC)c1. The molecule has 0 aliphatic carbocycles. The smallest absolute Gasteiger partial charge is 0.265 e. The second-order valence-corrected chi connectivity index (χ2v) is 8.85. The predicted molar refractivity (Wildman–Crippen MR) is 134 cm³/mol. The normalized spacial score (nSPS) is 15.6. The van der Waals surface area contributed by atoms with Crippen LogP contribution in [0, 0.1) is 5.92 Å². The van der Waals surface area contributed by atoms with Gasteiger partial charge in [-0.2, -0.15) is 5.10 Å². The quantitative estimate of drug-likeness (QED) is 0.485. The maximum atomic E-state index is 13.0. The summed E-state index contributed by atoms with van der Waals surface area (Å²) in [6.07, 6.45) is 1.16. The van der Waals surface area contributed by atoms with Crippen LogP contribution in [0.15, 0.2) is 65.1 Å². The number of ether oxygens (including phenoxy) is 2. The molecule has 1 atom stereocenters. The Kier molecular flexibility index (Phi) is 7.27. The van der Waals surface area contributed by atoms with Crippen LogP contribution in [0.1, 0.15) is 40.6 Å². The third-order valence-corrected chi connectivity index (χ3v) is 6.70. The van der Waals surface area contributed by atoms with Crippen molar-refractivity contribution in [2.45, 2.75) is 26.3 Å². The summed E-state index contributed by atoms with van der Waals surface area (Å²) in [4.78, 5) is 26.2. The molecule has 176 valence electrons. The topological polar surface area (TPSA) is 80.2 Å². The fraction of sp³-hybridized carbons (Fsp3) is 0.269. The lowest BCUT2D eigenvalue weighted by atomic mass is 9.89. The van der Waals surface area contributed by atoms with Crippen LogP contribution in [-0.4, -0.2) is 36.8 Å². The van der Waals surface area contributed by atoms with Crippen molar-refractivity contribution in [3.63, 3.8) is 0 Å². The van der Waals surface area contributed by atoms with Gasteiger partial charge < -0.3 is 14.8 Å². The van der Waals surface area contributed by atoms with E-state index >= 15 is 0 Å². The number of carbonyl (C=O) groups excluding carboxylic acids is 2. The minimum absolute atomic E-state index is 0.00984. The Hall–Kier alpha value is -3.65. The molecule has 1 aliphatic heterocycles. The Balaban J connectivity index is 1.63. The highest BCUT2D eigenvalue weighted by Gasteiger charge is 2.30. The number of nitrogens with one attached hydrogen (secondary N) is 1. The number of amides is 2. The summed E-state index contributed by atoms with van der Waals surface area (Å²) in [6.45, 7) is 2.31. The van der Waals surface area contributed by atoms with Gasteiger partial charge in [0.1, 0.15) is 0 Å². The first kappa shape index (κ1) is 23.5. The van der Waals surface area contributed by atoms with E-state index in [0.29, 0.717) is 28.5 Å². The first-order valence-corrected chi connectivity index (χ1v) is 12.0. The molecule has 2 heterocycles. The Labute approximate surface area is 203 Å². The average Bonchev–Trinajstić information content (AvgIpc) is 3.41. The van der Waals surface area contributed by atoms with E-state index in [1.165, 1.54) is 16.3 Å². The summed E-state index contributed by atoms with van der Waals surface area (Å²) in [5.41, 5.74) is 3.20. The monoisotopic (exact) mass is 477 g/mol. The zero-order valence-electron chi connectivity index (χ0n) is 19.4. The van der Waals surface area contributed by atoms with Crippen molar-refractivity contribution < 1.29 is 19.1 Å². The molecule has 1 aromatic heterocycles. The molecular weight excluding hydrogens is 450 g/mol. The van der Waals surface area contributed by atoms with E-state index in [0.717, 1.165) is 23.3 Å². The van der Waals surface area contributed by atoms with Crippen molar-refractivity contribution in [2.75, 3.05) is 19.5 Å². The maximum Gasteiger partial charge on any atom is 0.265 e. The summed E-state index contributed by atoms with van der Waals surface area (Å²) in [5.74, 6) is 1.04.